The Hall–Kier alpha value is -1.63. The van der Waals surface area contributed by atoms with E-state index in [-0.39, 0.29) is 11.4 Å². The number of aromatic hydroxyl groups is 1. The van der Waals surface area contributed by atoms with E-state index >= 15 is 0 Å². The predicted octanol–water partition coefficient (Wildman–Crippen LogP) is 1.14. The third-order valence-electron chi connectivity index (χ3n) is 2.01. The zero-order valence-electron chi connectivity index (χ0n) is 9.19. The second-order valence-corrected chi connectivity index (χ2v) is 4.82. The summed E-state index contributed by atoms with van der Waals surface area (Å²) in [6.45, 7) is 2.67. The van der Waals surface area contributed by atoms with Gasteiger partial charge in [0.1, 0.15) is 11.3 Å². The SMILES string of the molecule is CC(C)(NC(=O)c1ncc(Br)cc1O)C(=O)O. The van der Waals surface area contributed by atoms with E-state index in [0.717, 1.165) is 0 Å². The van der Waals surface area contributed by atoms with Crippen molar-refractivity contribution in [2.45, 2.75) is 19.4 Å². The van der Waals surface area contributed by atoms with E-state index in [0.29, 0.717) is 4.47 Å². The zero-order chi connectivity index (χ0) is 13.2. The first-order valence-corrected chi connectivity index (χ1v) is 5.44. The maximum atomic E-state index is 11.7. The van der Waals surface area contributed by atoms with Crippen LogP contribution in [0.15, 0.2) is 16.7 Å². The Labute approximate surface area is 106 Å². The van der Waals surface area contributed by atoms with Crippen LogP contribution in [0.5, 0.6) is 5.75 Å². The number of aliphatic carboxylic acids is 1. The van der Waals surface area contributed by atoms with Gasteiger partial charge in [-0.3, -0.25) is 4.79 Å². The van der Waals surface area contributed by atoms with Gasteiger partial charge in [0, 0.05) is 10.7 Å². The lowest BCUT2D eigenvalue weighted by Crippen LogP contribution is -2.49. The van der Waals surface area contributed by atoms with E-state index < -0.39 is 17.4 Å². The van der Waals surface area contributed by atoms with Crippen LogP contribution < -0.4 is 5.32 Å². The minimum absolute atomic E-state index is 0.220. The van der Waals surface area contributed by atoms with Gasteiger partial charge in [0.05, 0.1) is 0 Å². The number of nitrogens with zero attached hydrogens (tertiary/aromatic N) is 1. The molecule has 92 valence electrons. The van der Waals surface area contributed by atoms with Crippen LogP contribution in [0.25, 0.3) is 0 Å². The van der Waals surface area contributed by atoms with Gasteiger partial charge in [-0.05, 0) is 35.8 Å². The molecule has 6 nitrogen and oxygen atoms in total. The van der Waals surface area contributed by atoms with Crippen molar-refractivity contribution in [3.63, 3.8) is 0 Å². The molecule has 0 aliphatic rings. The quantitative estimate of drug-likeness (QED) is 0.777. The maximum Gasteiger partial charge on any atom is 0.328 e. The Morgan fingerprint density at radius 1 is 1.47 bits per heavy atom. The average Bonchev–Trinajstić information content (AvgIpc) is 2.15. The molecule has 1 rings (SSSR count). The number of carboxylic acid groups (broad SMARTS) is 1. The second kappa shape index (κ2) is 4.70. The molecular weight excluding hydrogens is 292 g/mol. The fourth-order valence-electron chi connectivity index (χ4n) is 1.00. The molecule has 0 unspecified atom stereocenters. The van der Waals surface area contributed by atoms with Crippen LogP contribution in [0.4, 0.5) is 0 Å². The van der Waals surface area contributed by atoms with Crippen molar-refractivity contribution in [3.8, 4) is 5.75 Å². The predicted molar refractivity (Wildman–Crippen MR) is 62.8 cm³/mol. The molecule has 3 N–H and O–H groups in total. The standard InChI is InChI=1S/C10H11BrN2O4/c1-10(2,9(16)17)13-8(15)7-6(14)3-5(11)4-12-7/h3-4,14H,1-2H3,(H,13,15)(H,16,17). The Bertz CT molecular complexity index is 473. The first-order chi connectivity index (χ1) is 7.74. The fraction of sp³-hybridized carbons (Fsp3) is 0.300. The Kier molecular flexibility index (Phi) is 3.72. The number of rotatable bonds is 3. The number of hydrogen-bond donors (Lipinski definition) is 3. The first kappa shape index (κ1) is 13.4. The van der Waals surface area contributed by atoms with Crippen molar-refractivity contribution < 1.29 is 19.8 Å². The van der Waals surface area contributed by atoms with Gasteiger partial charge in [-0.1, -0.05) is 0 Å². The summed E-state index contributed by atoms with van der Waals surface area (Å²) in [5.74, 6) is -2.25. The van der Waals surface area contributed by atoms with Crippen LogP contribution in [0.1, 0.15) is 24.3 Å². The largest absolute Gasteiger partial charge is 0.505 e. The van der Waals surface area contributed by atoms with Crippen LogP contribution in [0.2, 0.25) is 0 Å². The van der Waals surface area contributed by atoms with E-state index in [2.05, 4.69) is 26.2 Å². The third kappa shape index (κ3) is 3.16. The summed E-state index contributed by atoms with van der Waals surface area (Å²) in [5.41, 5.74) is -1.65. The van der Waals surface area contributed by atoms with Crippen LogP contribution in [-0.2, 0) is 4.79 Å². The molecular formula is C10H11BrN2O4. The normalized spacial score (nSPS) is 11.0. The fourth-order valence-corrected chi connectivity index (χ4v) is 1.32. The molecule has 1 aromatic rings. The van der Waals surface area contributed by atoms with E-state index in [4.69, 9.17) is 5.11 Å². The van der Waals surface area contributed by atoms with Gasteiger partial charge in [-0.15, -0.1) is 0 Å². The number of amides is 1. The van der Waals surface area contributed by atoms with Crippen LogP contribution in [0, 0.1) is 0 Å². The lowest BCUT2D eigenvalue weighted by atomic mass is 10.1. The molecule has 0 atom stereocenters. The van der Waals surface area contributed by atoms with Gasteiger partial charge in [0.2, 0.25) is 0 Å². The molecule has 1 aromatic heterocycles. The number of carbonyl (C=O) groups excluding carboxylic acids is 1. The average molecular weight is 303 g/mol. The number of pyridine rings is 1. The number of hydrogen-bond acceptors (Lipinski definition) is 4. The Morgan fingerprint density at radius 3 is 2.53 bits per heavy atom. The van der Waals surface area contributed by atoms with Crippen LogP contribution in [-0.4, -0.2) is 32.6 Å². The van der Waals surface area contributed by atoms with Gasteiger partial charge < -0.3 is 15.5 Å². The summed E-state index contributed by atoms with van der Waals surface area (Å²) in [4.78, 5) is 26.2. The van der Waals surface area contributed by atoms with Crippen molar-refractivity contribution in [1.82, 2.24) is 10.3 Å². The highest BCUT2D eigenvalue weighted by molar-refractivity contribution is 9.10. The molecule has 0 saturated carbocycles. The molecule has 17 heavy (non-hydrogen) atoms. The molecule has 1 amide bonds. The molecule has 0 radical (unpaired) electrons. The molecule has 0 aromatic carbocycles. The van der Waals surface area contributed by atoms with Crippen molar-refractivity contribution in [2.75, 3.05) is 0 Å². The first-order valence-electron chi connectivity index (χ1n) is 4.64. The molecule has 0 fully saturated rings. The van der Waals surface area contributed by atoms with E-state index in [1.54, 1.807) is 0 Å². The van der Waals surface area contributed by atoms with Gasteiger partial charge in [0.15, 0.2) is 5.69 Å². The highest BCUT2D eigenvalue weighted by Gasteiger charge is 2.30. The minimum atomic E-state index is -1.43. The minimum Gasteiger partial charge on any atom is -0.505 e. The monoisotopic (exact) mass is 302 g/mol. The van der Waals surface area contributed by atoms with Gasteiger partial charge in [-0.25, -0.2) is 9.78 Å². The highest BCUT2D eigenvalue weighted by atomic mass is 79.9. The zero-order valence-corrected chi connectivity index (χ0v) is 10.8. The van der Waals surface area contributed by atoms with Crippen LogP contribution in [0.3, 0.4) is 0 Å². The highest BCUT2D eigenvalue weighted by Crippen LogP contribution is 2.20. The topological polar surface area (TPSA) is 99.5 Å². The number of nitrogens with one attached hydrogen (secondary N) is 1. The van der Waals surface area contributed by atoms with Crippen molar-refractivity contribution in [3.05, 3.63) is 22.4 Å². The number of carbonyl (C=O) groups is 2. The van der Waals surface area contributed by atoms with Gasteiger partial charge in [-0.2, -0.15) is 0 Å². The summed E-state index contributed by atoms with van der Waals surface area (Å²) >= 11 is 3.08. The number of aromatic nitrogens is 1. The number of halogens is 1. The van der Waals surface area contributed by atoms with Crippen molar-refractivity contribution in [2.24, 2.45) is 0 Å². The van der Waals surface area contributed by atoms with E-state index in [9.17, 15) is 14.7 Å². The molecule has 0 aliphatic carbocycles. The van der Waals surface area contributed by atoms with E-state index in [1.807, 2.05) is 0 Å². The molecule has 7 heteroatoms. The lowest BCUT2D eigenvalue weighted by molar-refractivity contribution is -0.143. The molecule has 1 heterocycles. The third-order valence-corrected chi connectivity index (χ3v) is 2.44. The Balaban J connectivity index is 2.95. The molecule has 0 spiro atoms. The molecule has 0 saturated heterocycles. The maximum absolute atomic E-state index is 11.7. The van der Waals surface area contributed by atoms with Crippen LogP contribution >= 0.6 is 15.9 Å². The number of carboxylic acids is 1. The van der Waals surface area contributed by atoms with Crippen molar-refractivity contribution in [1.29, 1.82) is 0 Å². The summed E-state index contributed by atoms with van der Waals surface area (Å²) in [7, 11) is 0. The second-order valence-electron chi connectivity index (χ2n) is 3.91. The summed E-state index contributed by atoms with van der Waals surface area (Å²) < 4.78 is 0.518. The summed E-state index contributed by atoms with van der Waals surface area (Å²) in [6.07, 6.45) is 1.34. The van der Waals surface area contributed by atoms with Gasteiger partial charge in [0.25, 0.3) is 5.91 Å². The lowest BCUT2D eigenvalue weighted by Gasteiger charge is -2.20. The van der Waals surface area contributed by atoms with E-state index in [1.165, 1.54) is 26.1 Å². The molecule has 0 bridgehead atoms. The molecule has 0 aliphatic heterocycles. The smallest absolute Gasteiger partial charge is 0.328 e. The van der Waals surface area contributed by atoms with Gasteiger partial charge >= 0.3 is 5.97 Å². The van der Waals surface area contributed by atoms with Crippen molar-refractivity contribution >= 4 is 27.8 Å². The summed E-state index contributed by atoms with van der Waals surface area (Å²) in [6, 6.07) is 1.30. The Morgan fingerprint density at radius 2 is 2.06 bits per heavy atom. The summed E-state index contributed by atoms with van der Waals surface area (Å²) in [5, 5.41) is 20.6.